The molecular weight excluding hydrogens is 350 g/mol. The summed E-state index contributed by atoms with van der Waals surface area (Å²) in [5.74, 6) is -0.404. The largest absolute Gasteiger partial charge is 0.465 e. The van der Waals surface area contributed by atoms with Crippen molar-refractivity contribution < 1.29 is 19.1 Å². The smallest absolute Gasteiger partial charge is 0.409 e. The third-order valence-corrected chi connectivity index (χ3v) is 3.62. The Labute approximate surface area is 133 Å². The van der Waals surface area contributed by atoms with Gasteiger partial charge < -0.3 is 9.52 Å². The van der Waals surface area contributed by atoms with Crippen LogP contribution in [-0.4, -0.2) is 17.0 Å². The van der Waals surface area contributed by atoms with Gasteiger partial charge in [-0.05, 0) is 18.2 Å². The molecule has 3 rings (SSSR count). The first-order chi connectivity index (χ1) is 10.6. The molecule has 1 heterocycles. The molecule has 0 aliphatic rings. The Morgan fingerprint density at radius 1 is 1.09 bits per heavy atom. The number of halogens is 1. The van der Waals surface area contributed by atoms with Crippen LogP contribution in [0.3, 0.4) is 0 Å². The number of carbonyl (C=O) groups excluding carboxylic acids is 1. The quantitative estimate of drug-likeness (QED) is 0.674. The molecule has 1 aromatic heterocycles. The van der Waals surface area contributed by atoms with Crippen molar-refractivity contribution in [1.29, 1.82) is 0 Å². The highest BCUT2D eigenvalue weighted by atomic mass is 79.9. The first-order valence-electron chi connectivity index (χ1n) is 6.38. The second-order valence-electron chi connectivity index (χ2n) is 4.57. The summed E-state index contributed by atoms with van der Waals surface area (Å²) in [6.07, 6.45) is -1.26. The van der Waals surface area contributed by atoms with Gasteiger partial charge in [-0.25, -0.2) is 4.79 Å². The Morgan fingerprint density at radius 2 is 1.82 bits per heavy atom. The summed E-state index contributed by atoms with van der Waals surface area (Å²) in [4.78, 5) is 23.6. The number of rotatable bonds is 3. The number of benzene rings is 2. The van der Waals surface area contributed by atoms with Crippen LogP contribution in [0.2, 0.25) is 0 Å². The van der Waals surface area contributed by atoms with E-state index in [1.807, 2.05) is 0 Å². The van der Waals surface area contributed by atoms with Crippen LogP contribution in [0.4, 0.5) is 10.5 Å². The van der Waals surface area contributed by atoms with Crippen LogP contribution in [0.5, 0.6) is 0 Å². The van der Waals surface area contributed by atoms with Gasteiger partial charge >= 0.3 is 6.09 Å². The molecule has 5 nitrogen and oxygen atoms in total. The molecule has 0 bridgehead atoms. The van der Waals surface area contributed by atoms with E-state index in [1.165, 1.54) is 0 Å². The van der Waals surface area contributed by atoms with Crippen molar-refractivity contribution >= 4 is 44.5 Å². The summed E-state index contributed by atoms with van der Waals surface area (Å²) in [6.45, 7) is 0. The van der Waals surface area contributed by atoms with E-state index in [2.05, 4.69) is 21.2 Å². The average Bonchev–Trinajstić information content (AvgIpc) is 2.85. The topological polar surface area (TPSA) is 79.5 Å². The van der Waals surface area contributed by atoms with Crippen molar-refractivity contribution in [2.24, 2.45) is 0 Å². The van der Waals surface area contributed by atoms with E-state index < -0.39 is 6.09 Å². The fraction of sp³-hybridized carbons (Fsp3) is 0. The molecule has 0 saturated carbocycles. The molecule has 3 aromatic rings. The third-order valence-electron chi connectivity index (χ3n) is 3.12. The number of ketones is 1. The number of carboxylic acid groups (broad SMARTS) is 1. The van der Waals surface area contributed by atoms with Crippen molar-refractivity contribution in [2.45, 2.75) is 0 Å². The van der Waals surface area contributed by atoms with E-state index >= 15 is 0 Å². The molecule has 2 aromatic carbocycles. The number of hydrogen-bond acceptors (Lipinski definition) is 3. The van der Waals surface area contributed by atoms with Gasteiger partial charge in [-0.15, -0.1) is 0 Å². The van der Waals surface area contributed by atoms with E-state index in [1.54, 1.807) is 48.5 Å². The number of hydrogen-bond donors (Lipinski definition) is 2. The van der Waals surface area contributed by atoms with Gasteiger partial charge in [0.25, 0.3) is 0 Å². The van der Waals surface area contributed by atoms with E-state index in [-0.39, 0.29) is 17.2 Å². The van der Waals surface area contributed by atoms with Crippen LogP contribution >= 0.6 is 15.9 Å². The van der Waals surface area contributed by atoms with Crippen molar-refractivity contribution in [2.75, 3.05) is 5.32 Å². The summed E-state index contributed by atoms with van der Waals surface area (Å²) in [6, 6.07) is 13.7. The lowest BCUT2D eigenvalue weighted by atomic mass is 10.1. The zero-order chi connectivity index (χ0) is 15.7. The fourth-order valence-corrected chi connectivity index (χ4v) is 2.54. The third kappa shape index (κ3) is 2.60. The van der Waals surface area contributed by atoms with E-state index in [0.717, 1.165) is 4.47 Å². The lowest BCUT2D eigenvalue weighted by Crippen LogP contribution is -2.11. The number of carbonyl (C=O) groups is 2. The maximum absolute atomic E-state index is 12.6. The van der Waals surface area contributed by atoms with Crippen LogP contribution in [0.15, 0.2) is 57.4 Å². The monoisotopic (exact) mass is 359 g/mol. The second kappa shape index (κ2) is 5.65. The molecular formula is C16H10BrNO4. The van der Waals surface area contributed by atoms with Crippen molar-refractivity contribution in [1.82, 2.24) is 0 Å². The van der Waals surface area contributed by atoms with Gasteiger partial charge in [-0.3, -0.25) is 10.1 Å². The van der Waals surface area contributed by atoms with Crippen molar-refractivity contribution in [3.63, 3.8) is 0 Å². The van der Waals surface area contributed by atoms with Gasteiger partial charge in [0.15, 0.2) is 5.76 Å². The zero-order valence-corrected chi connectivity index (χ0v) is 12.8. The van der Waals surface area contributed by atoms with Gasteiger partial charge in [0, 0.05) is 15.4 Å². The lowest BCUT2D eigenvalue weighted by Gasteiger charge is -2.02. The Morgan fingerprint density at radius 3 is 2.50 bits per heavy atom. The molecule has 110 valence electrons. The van der Waals surface area contributed by atoms with Gasteiger partial charge in [0.1, 0.15) is 11.3 Å². The molecule has 0 aliphatic heterocycles. The Balaban J connectivity index is 2.20. The predicted octanol–water partition coefficient (Wildman–Crippen LogP) is 4.52. The predicted molar refractivity (Wildman–Crippen MR) is 85.4 cm³/mol. The summed E-state index contributed by atoms with van der Waals surface area (Å²) in [5, 5.41) is 11.8. The first kappa shape index (κ1) is 14.3. The van der Waals surface area contributed by atoms with E-state index in [4.69, 9.17) is 9.52 Å². The highest BCUT2D eigenvalue weighted by molar-refractivity contribution is 9.10. The minimum Gasteiger partial charge on any atom is -0.465 e. The number of anilines is 1. The summed E-state index contributed by atoms with van der Waals surface area (Å²) < 4.78 is 6.33. The van der Waals surface area contributed by atoms with Crippen LogP contribution in [0.25, 0.3) is 11.0 Å². The van der Waals surface area contributed by atoms with Crippen LogP contribution in [0.1, 0.15) is 16.1 Å². The molecule has 0 fully saturated rings. The molecule has 6 heteroatoms. The number of furan rings is 1. The summed E-state index contributed by atoms with van der Waals surface area (Å²) in [7, 11) is 0. The SMILES string of the molecule is O=C(O)Nc1c(C(=O)c2ccccc2)oc2ccc(Br)cc12. The normalized spacial score (nSPS) is 10.6. The molecule has 0 atom stereocenters. The van der Waals surface area contributed by atoms with Crippen LogP contribution in [0, 0.1) is 0 Å². The second-order valence-corrected chi connectivity index (χ2v) is 5.49. The standard InChI is InChI=1S/C16H10BrNO4/c17-10-6-7-12-11(8-10)13(18-16(20)21)15(22-12)14(19)9-4-2-1-3-5-9/h1-8,18H,(H,20,21). The minimum absolute atomic E-state index is 0.0262. The number of fused-ring (bicyclic) bond motifs is 1. The fourth-order valence-electron chi connectivity index (χ4n) is 2.18. The van der Waals surface area contributed by atoms with Gasteiger partial charge in [-0.2, -0.15) is 0 Å². The van der Waals surface area contributed by atoms with Crippen molar-refractivity contribution in [3.8, 4) is 0 Å². The molecule has 1 amide bonds. The highest BCUT2D eigenvalue weighted by Crippen LogP contribution is 2.34. The van der Waals surface area contributed by atoms with E-state index in [0.29, 0.717) is 16.5 Å². The summed E-state index contributed by atoms with van der Waals surface area (Å²) in [5.41, 5.74) is 1.01. The molecule has 0 aliphatic carbocycles. The van der Waals surface area contributed by atoms with E-state index in [9.17, 15) is 9.59 Å². The summed E-state index contributed by atoms with van der Waals surface area (Å²) >= 11 is 3.32. The maximum atomic E-state index is 12.6. The highest BCUT2D eigenvalue weighted by Gasteiger charge is 2.23. The number of nitrogens with one attached hydrogen (secondary N) is 1. The van der Waals surface area contributed by atoms with Gasteiger partial charge in [0.05, 0.1) is 0 Å². The first-order valence-corrected chi connectivity index (χ1v) is 7.17. The maximum Gasteiger partial charge on any atom is 0.409 e. The molecule has 0 unspecified atom stereocenters. The van der Waals surface area contributed by atoms with Crippen molar-refractivity contribution in [3.05, 3.63) is 64.3 Å². The Bertz CT molecular complexity index is 870. The van der Waals surface area contributed by atoms with Gasteiger partial charge in [-0.1, -0.05) is 46.3 Å². The number of amides is 1. The lowest BCUT2D eigenvalue weighted by molar-refractivity contribution is 0.101. The molecule has 2 N–H and O–H groups in total. The molecule has 0 radical (unpaired) electrons. The minimum atomic E-state index is -1.26. The Hall–Kier alpha value is -2.60. The van der Waals surface area contributed by atoms with Gasteiger partial charge in [0.2, 0.25) is 5.78 Å². The zero-order valence-electron chi connectivity index (χ0n) is 11.2. The Kier molecular flexibility index (Phi) is 3.68. The molecule has 0 spiro atoms. The molecule has 22 heavy (non-hydrogen) atoms. The van der Waals surface area contributed by atoms with Crippen LogP contribution < -0.4 is 5.32 Å². The molecule has 0 saturated heterocycles. The average molecular weight is 360 g/mol. The van der Waals surface area contributed by atoms with Crippen LogP contribution in [-0.2, 0) is 0 Å².